The summed E-state index contributed by atoms with van der Waals surface area (Å²) in [6.07, 6.45) is 1.52. The van der Waals surface area contributed by atoms with E-state index in [-0.39, 0.29) is 5.56 Å². The molecule has 0 aliphatic carbocycles. The molecule has 2 N–H and O–H groups in total. The lowest BCUT2D eigenvalue weighted by Crippen LogP contribution is -2.19. The molecule has 0 saturated carbocycles. The van der Waals surface area contributed by atoms with E-state index in [4.69, 9.17) is 5.73 Å². The average Bonchev–Trinajstić information content (AvgIpc) is 2.83. The molecule has 1 unspecified atom stereocenters. The smallest absolute Gasteiger partial charge is 0.194 e. The first-order valence-electron chi connectivity index (χ1n) is 5.47. The van der Waals surface area contributed by atoms with Crippen molar-refractivity contribution in [3.05, 3.63) is 53.1 Å². The van der Waals surface area contributed by atoms with Gasteiger partial charge >= 0.3 is 0 Å². The summed E-state index contributed by atoms with van der Waals surface area (Å²) in [7, 11) is 0. The van der Waals surface area contributed by atoms with Crippen LogP contribution in [0.15, 0.2) is 24.4 Å². The van der Waals surface area contributed by atoms with Gasteiger partial charge in [-0.15, -0.1) is 0 Å². The van der Waals surface area contributed by atoms with Crippen LogP contribution < -0.4 is 5.73 Å². The standard InChI is InChI=1S/C12H12F3N3/c1-2-18-9(5-6-17-18)12(16)7-3-4-8(13)11(15)10(7)14/h3-6,12H,2,16H2,1H3. The fourth-order valence-electron chi connectivity index (χ4n) is 1.81. The fourth-order valence-corrected chi connectivity index (χ4v) is 1.81. The summed E-state index contributed by atoms with van der Waals surface area (Å²) >= 11 is 0. The molecule has 0 saturated heterocycles. The third-order valence-electron chi connectivity index (χ3n) is 2.77. The quantitative estimate of drug-likeness (QED) is 0.856. The van der Waals surface area contributed by atoms with Crippen LogP contribution in [0.2, 0.25) is 0 Å². The monoisotopic (exact) mass is 255 g/mol. The van der Waals surface area contributed by atoms with Gasteiger partial charge in [-0.1, -0.05) is 6.07 Å². The number of halogens is 3. The third kappa shape index (κ3) is 1.99. The van der Waals surface area contributed by atoms with Crippen molar-refractivity contribution >= 4 is 0 Å². The second-order valence-electron chi connectivity index (χ2n) is 3.81. The molecule has 96 valence electrons. The van der Waals surface area contributed by atoms with Crippen molar-refractivity contribution in [2.45, 2.75) is 19.5 Å². The Morgan fingerprint density at radius 2 is 1.94 bits per heavy atom. The highest BCUT2D eigenvalue weighted by Crippen LogP contribution is 2.24. The Morgan fingerprint density at radius 1 is 1.22 bits per heavy atom. The highest BCUT2D eigenvalue weighted by molar-refractivity contribution is 5.29. The maximum Gasteiger partial charge on any atom is 0.194 e. The van der Waals surface area contributed by atoms with Gasteiger partial charge in [0.1, 0.15) is 0 Å². The molecule has 0 radical (unpaired) electrons. The average molecular weight is 255 g/mol. The maximum atomic E-state index is 13.6. The summed E-state index contributed by atoms with van der Waals surface area (Å²) in [4.78, 5) is 0. The molecule has 0 fully saturated rings. The predicted molar refractivity (Wildman–Crippen MR) is 60.2 cm³/mol. The minimum absolute atomic E-state index is 0.0934. The summed E-state index contributed by atoms with van der Waals surface area (Å²) in [6.45, 7) is 2.41. The van der Waals surface area contributed by atoms with E-state index >= 15 is 0 Å². The molecule has 6 heteroatoms. The van der Waals surface area contributed by atoms with E-state index in [0.717, 1.165) is 12.1 Å². The van der Waals surface area contributed by atoms with Gasteiger partial charge in [0.2, 0.25) is 0 Å². The van der Waals surface area contributed by atoms with Gasteiger partial charge in [-0.3, -0.25) is 4.68 Å². The molecule has 1 aromatic carbocycles. The zero-order valence-electron chi connectivity index (χ0n) is 9.70. The molecule has 1 aromatic heterocycles. The van der Waals surface area contributed by atoms with Crippen molar-refractivity contribution in [2.75, 3.05) is 0 Å². The van der Waals surface area contributed by atoms with Crippen molar-refractivity contribution in [2.24, 2.45) is 5.73 Å². The first-order chi connectivity index (χ1) is 8.56. The van der Waals surface area contributed by atoms with Crippen molar-refractivity contribution in [3.8, 4) is 0 Å². The van der Waals surface area contributed by atoms with E-state index < -0.39 is 23.5 Å². The highest BCUT2D eigenvalue weighted by atomic mass is 19.2. The van der Waals surface area contributed by atoms with E-state index in [2.05, 4.69) is 5.10 Å². The number of benzene rings is 1. The van der Waals surface area contributed by atoms with E-state index in [9.17, 15) is 13.2 Å². The Hall–Kier alpha value is -1.82. The van der Waals surface area contributed by atoms with Crippen LogP contribution in [-0.4, -0.2) is 9.78 Å². The second kappa shape index (κ2) is 4.81. The summed E-state index contributed by atoms with van der Waals surface area (Å²) in [5, 5.41) is 4.00. The molecule has 0 aliphatic rings. The number of aromatic nitrogens is 2. The van der Waals surface area contributed by atoms with Gasteiger partial charge in [-0.2, -0.15) is 5.10 Å². The third-order valence-corrected chi connectivity index (χ3v) is 2.77. The van der Waals surface area contributed by atoms with Crippen LogP contribution in [0.25, 0.3) is 0 Å². The normalized spacial score (nSPS) is 12.7. The molecular formula is C12H12F3N3. The highest BCUT2D eigenvalue weighted by Gasteiger charge is 2.21. The number of nitrogens with two attached hydrogens (primary N) is 1. The Kier molecular flexibility index (Phi) is 3.38. The lowest BCUT2D eigenvalue weighted by molar-refractivity contribution is 0.437. The first-order valence-corrected chi connectivity index (χ1v) is 5.47. The van der Waals surface area contributed by atoms with E-state index in [0.29, 0.717) is 12.2 Å². The number of aryl methyl sites for hydroxylation is 1. The molecule has 2 rings (SSSR count). The zero-order valence-corrected chi connectivity index (χ0v) is 9.70. The molecule has 2 aromatic rings. The van der Waals surface area contributed by atoms with E-state index in [1.165, 1.54) is 6.20 Å². The van der Waals surface area contributed by atoms with Gasteiger partial charge in [0, 0.05) is 18.3 Å². The Morgan fingerprint density at radius 3 is 2.61 bits per heavy atom. The molecule has 0 bridgehead atoms. The van der Waals surface area contributed by atoms with Gasteiger partial charge in [-0.25, -0.2) is 13.2 Å². The molecule has 1 heterocycles. The fraction of sp³-hybridized carbons (Fsp3) is 0.250. The summed E-state index contributed by atoms with van der Waals surface area (Å²) in [5.41, 5.74) is 6.32. The molecule has 0 amide bonds. The number of hydrogen-bond donors (Lipinski definition) is 1. The SMILES string of the molecule is CCn1nccc1C(N)c1ccc(F)c(F)c1F. The summed E-state index contributed by atoms with van der Waals surface area (Å²) in [6, 6.07) is 2.74. The molecule has 18 heavy (non-hydrogen) atoms. The minimum Gasteiger partial charge on any atom is -0.319 e. The largest absolute Gasteiger partial charge is 0.319 e. The van der Waals surface area contributed by atoms with Gasteiger partial charge in [-0.05, 0) is 19.1 Å². The lowest BCUT2D eigenvalue weighted by atomic mass is 10.0. The van der Waals surface area contributed by atoms with Crippen molar-refractivity contribution in [1.82, 2.24) is 9.78 Å². The van der Waals surface area contributed by atoms with Crippen molar-refractivity contribution in [3.63, 3.8) is 0 Å². The van der Waals surface area contributed by atoms with Crippen LogP contribution in [0.3, 0.4) is 0 Å². The topological polar surface area (TPSA) is 43.8 Å². The van der Waals surface area contributed by atoms with Crippen LogP contribution in [-0.2, 0) is 6.54 Å². The van der Waals surface area contributed by atoms with E-state index in [1.54, 1.807) is 10.7 Å². The van der Waals surface area contributed by atoms with Crippen LogP contribution >= 0.6 is 0 Å². The number of rotatable bonds is 3. The van der Waals surface area contributed by atoms with Gasteiger partial charge in [0.15, 0.2) is 17.5 Å². The predicted octanol–water partition coefficient (Wildman–Crippen LogP) is 2.37. The van der Waals surface area contributed by atoms with Crippen molar-refractivity contribution in [1.29, 1.82) is 0 Å². The maximum absolute atomic E-state index is 13.6. The van der Waals surface area contributed by atoms with Crippen LogP contribution in [0.5, 0.6) is 0 Å². The first kappa shape index (κ1) is 12.6. The van der Waals surface area contributed by atoms with Crippen LogP contribution in [0, 0.1) is 17.5 Å². The second-order valence-corrected chi connectivity index (χ2v) is 3.81. The summed E-state index contributed by atoms with van der Waals surface area (Å²) in [5.74, 6) is -4.00. The molecule has 0 aliphatic heterocycles. The van der Waals surface area contributed by atoms with Gasteiger partial charge < -0.3 is 5.73 Å². The zero-order chi connectivity index (χ0) is 13.3. The van der Waals surface area contributed by atoms with Gasteiger partial charge in [0.25, 0.3) is 0 Å². The Labute approximate surface area is 102 Å². The van der Waals surface area contributed by atoms with Crippen LogP contribution in [0.1, 0.15) is 24.2 Å². The van der Waals surface area contributed by atoms with Crippen molar-refractivity contribution < 1.29 is 13.2 Å². The Balaban J connectivity index is 2.46. The molecule has 1 atom stereocenters. The summed E-state index contributed by atoms with van der Waals surface area (Å²) < 4.78 is 41.2. The van der Waals surface area contributed by atoms with Crippen LogP contribution in [0.4, 0.5) is 13.2 Å². The molecule has 3 nitrogen and oxygen atoms in total. The number of hydrogen-bond acceptors (Lipinski definition) is 2. The minimum atomic E-state index is -1.51. The van der Waals surface area contributed by atoms with E-state index in [1.807, 2.05) is 6.92 Å². The molecular weight excluding hydrogens is 243 g/mol. The number of nitrogens with zero attached hydrogens (tertiary/aromatic N) is 2. The Bertz CT molecular complexity index is 566. The van der Waals surface area contributed by atoms with Gasteiger partial charge in [0.05, 0.1) is 11.7 Å². The molecule has 0 spiro atoms. The lowest BCUT2D eigenvalue weighted by Gasteiger charge is -2.15.